The summed E-state index contributed by atoms with van der Waals surface area (Å²) in [4.78, 5) is 34.7. The summed E-state index contributed by atoms with van der Waals surface area (Å²) in [7, 11) is -0.220. The molecule has 0 spiro atoms. The highest BCUT2D eigenvalue weighted by Gasteiger charge is 2.33. The van der Waals surface area contributed by atoms with Gasteiger partial charge in [-0.05, 0) is 62.8 Å². The van der Waals surface area contributed by atoms with E-state index in [2.05, 4.69) is 20.3 Å². The van der Waals surface area contributed by atoms with Crippen molar-refractivity contribution in [2.24, 2.45) is 0 Å². The molecule has 14 heteroatoms. The van der Waals surface area contributed by atoms with E-state index in [0.717, 1.165) is 21.5 Å². The fourth-order valence-electron chi connectivity index (χ4n) is 4.06. The monoisotopic (exact) mass is 631 g/mol. The molecule has 1 amide bonds. The van der Waals surface area contributed by atoms with Gasteiger partial charge in [0.2, 0.25) is 10.0 Å². The van der Waals surface area contributed by atoms with Crippen LogP contribution in [0.4, 0.5) is 5.69 Å². The predicted molar refractivity (Wildman–Crippen MR) is 167 cm³/mol. The summed E-state index contributed by atoms with van der Waals surface area (Å²) in [5.41, 5.74) is 1.45. The second kappa shape index (κ2) is 14.6. The third-order valence-electron chi connectivity index (χ3n) is 6.05. The molecule has 3 N–H and O–H groups in total. The van der Waals surface area contributed by atoms with E-state index >= 15 is 0 Å². The molecule has 0 aliphatic carbocycles. The molecule has 12 nitrogen and oxygen atoms in total. The van der Waals surface area contributed by atoms with E-state index < -0.39 is 40.0 Å². The number of thiocarbonyl (C=S) groups is 1. The first kappa shape index (κ1) is 33.6. The maximum absolute atomic E-state index is 13.7. The van der Waals surface area contributed by atoms with Gasteiger partial charge in [-0.15, -0.1) is 0 Å². The number of nitrogens with one attached hydrogen (secondary N) is 3. The minimum absolute atomic E-state index is 0.0123. The molecular weight excluding hydrogens is 594 g/mol. The minimum atomic E-state index is -4.42. The molecule has 0 radical (unpaired) electrons. The lowest BCUT2D eigenvalue weighted by molar-refractivity contribution is -0.173. The Morgan fingerprint density at radius 1 is 1.12 bits per heavy atom. The van der Waals surface area contributed by atoms with Crippen molar-refractivity contribution >= 4 is 55.8 Å². The second-order valence-electron chi connectivity index (χ2n) is 10.4. The van der Waals surface area contributed by atoms with Crippen LogP contribution in [0.15, 0.2) is 59.6 Å². The van der Waals surface area contributed by atoms with Crippen LogP contribution >= 0.6 is 12.2 Å². The number of fused-ring (bicyclic) bond motifs is 1. The normalized spacial score (nSPS) is 12.3. The van der Waals surface area contributed by atoms with Crippen LogP contribution in [0.25, 0.3) is 10.9 Å². The fourth-order valence-corrected chi connectivity index (χ4v) is 5.49. The molecule has 0 aliphatic rings. The van der Waals surface area contributed by atoms with Crippen LogP contribution in [0.5, 0.6) is 5.75 Å². The highest BCUT2D eigenvalue weighted by molar-refractivity contribution is 7.89. The van der Waals surface area contributed by atoms with Crippen LogP contribution in [-0.4, -0.2) is 74.9 Å². The van der Waals surface area contributed by atoms with E-state index in [4.69, 9.17) is 26.5 Å². The van der Waals surface area contributed by atoms with Crippen molar-refractivity contribution in [3.63, 3.8) is 0 Å². The Morgan fingerprint density at radius 2 is 1.86 bits per heavy atom. The largest absolute Gasteiger partial charge is 0.492 e. The number of sulfonamides is 1. The number of benzene rings is 2. The second-order valence-corrected chi connectivity index (χ2v) is 12.5. The Bertz CT molecular complexity index is 1570. The summed E-state index contributed by atoms with van der Waals surface area (Å²) in [5.74, 6) is -1.54. The summed E-state index contributed by atoms with van der Waals surface area (Å²) in [6.45, 7) is 5.13. The summed E-state index contributed by atoms with van der Waals surface area (Å²) in [5, 5.41) is 7.85. The van der Waals surface area contributed by atoms with Gasteiger partial charge in [0.15, 0.2) is 5.11 Å². The molecule has 0 aliphatic heterocycles. The summed E-state index contributed by atoms with van der Waals surface area (Å²) in [6.07, 6.45) is 1.61. The molecule has 0 saturated carbocycles. The number of ether oxygens (including phenoxy) is 2. The van der Waals surface area contributed by atoms with Gasteiger partial charge in [-0.3, -0.25) is 19.4 Å². The van der Waals surface area contributed by atoms with E-state index in [1.807, 2.05) is 30.3 Å². The average Bonchev–Trinajstić information content (AvgIpc) is 2.95. The lowest BCUT2D eigenvalue weighted by Crippen LogP contribution is -2.48. The van der Waals surface area contributed by atoms with Crippen LogP contribution in [0, 0.1) is 0 Å². The summed E-state index contributed by atoms with van der Waals surface area (Å²) < 4.78 is 41.1. The maximum atomic E-state index is 13.7. The van der Waals surface area contributed by atoms with E-state index in [9.17, 15) is 18.0 Å². The number of hydroxylamine groups is 2. The number of hydrogen-bond acceptors (Lipinski definition) is 9. The van der Waals surface area contributed by atoms with E-state index in [1.54, 1.807) is 34.0 Å². The topological polar surface area (TPSA) is 148 Å². The number of nitrogens with zero attached hydrogens (tertiary/aromatic N) is 2. The minimum Gasteiger partial charge on any atom is -0.492 e. The first-order valence-corrected chi connectivity index (χ1v) is 15.3. The number of esters is 1. The van der Waals surface area contributed by atoms with Gasteiger partial charge in [0.1, 0.15) is 22.3 Å². The zero-order valence-electron chi connectivity index (χ0n) is 25.0. The fraction of sp³-hybridized carbons (Fsp3) is 0.379. The standard InChI is InChI=1S/C29H37N5O7S2/c1-29(2,3)41-26(35)18-23(27(36)34(5)39-6)33-43(37,38)25-13-12-20(32-28(42)30-4)17-24(25)40-16-14-19-9-7-11-22-21(19)10-8-15-31-22/h7-13,15,17,23,33H,14,16,18H2,1-6H3,(H2,30,32,42). The SMILES string of the molecule is CNC(=S)Nc1ccc(S(=O)(=O)NC(CC(=O)OC(C)(C)C)C(=O)N(C)OC)c(OCCc2cccc3ncccc23)c1. The Labute approximate surface area is 257 Å². The Balaban J connectivity index is 1.92. The lowest BCUT2D eigenvalue weighted by Gasteiger charge is -2.25. The van der Waals surface area contributed by atoms with Gasteiger partial charge in [0.05, 0.1) is 25.7 Å². The highest BCUT2D eigenvalue weighted by Crippen LogP contribution is 2.29. The van der Waals surface area contributed by atoms with Gasteiger partial charge < -0.3 is 20.1 Å². The van der Waals surface area contributed by atoms with E-state index in [0.29, 0.717) is 17.2 Å². The van der Waals surface area contributed by atoms with Crippen molar-refractivity contribution in [3.05, 3.63) is 60.3 Å². The van der Waals surface area contributed by atoms with Gasteiger partial charge in [0.25, 0.3) is 5.91 Å². The smallest absolute Gasteiger partial charge is 0.308 e. The quantitative estimate of drug-likeness (QED) is 0.154. The molecule has 0 bridgehead atoms. The number of aromatic nitrogens is 1. The van der Waals surface area contributed by atoms with Crippen LogP contribution in [0.2, 0.25) is 0 Å². The molecular formula is C29H37N5O7S2. The summed E-state index contributed by atoms with van der Waals surface area (Å²) in [6, 6.07) is 12.4. The van der Waals surface area contributed by atoms with E-state index in [1.165, 1.54) is 32.4 Å². The first-order valence-electron chi connectivity index (χ1n) is 13.4. The van der Waals surface area contributed by atoms with Crippen LogP contribution in [0.3, 0.4) is 0 Å². The molecule has 43 heavy (non-hydrogen) atoms. The first-order chi connectivity index (χ1) is 20.2. The van der Waals surface area contributed by atoms with Crippen molar-refractivity contribution in [3.8, 4) is 5.75 Å². The highest BCUT2D eigenvalue weighted by atomic mass is 32.2. The van der Waals surface area contributed by atoms with Crippen LogP contribution in [0.1, 0.15) is 32.8 Å². The molecule has 1 aromatic heterocycles. The number of pyridine rings is 1. The molecule has 2 aromatic carbocycles. The lowest BCUT2D eigenvalue weighted by atomic mass is 10.1. The number of carbonyl (C=O) groups is 2. The van der Waals surface area contributed by atoms with Crippen molar-refractivity contribution < 1.29 is 32.3 Å². The van der Waals surface area contributed by atoms with E-state index in [-0.39, 0.29) is 17.3 Å². The number of rotatable bonds is 12. The van der Waals surface area contributed by atoms with Gasteiger partial charge in [0, 0.05) is 43.9 Å². The average molecular weight is 632 g/mol. The van der Waals surface area contributed by atoms with Gasteiger partial charge >= 0.3 is 5.97 Å². The number of hydrogen-bond donors (Lipinski definition) is 3. The van der Waals surface area contributed by atoms with Gasteiger partial charge in [-0.2, -0.15) is 4.72 Å². The molecule has 3 rings (SSSR count). The van der Waals surface area contributed by atoms with Gasteiger partial charge in [-0.25, -0.2) is 13.5 Å². The molecule has 0 fully saturated rings. The van der Waals surface area contributed by atoms with Crippen molar-refractivity contribution in [1.82, 2.24) is 20.1 Å². The number of carbonyl (C=O) groups excluding carboxylic acids is 2. The molecule has 232 valence electrons. The van der Waals surface area contributed by atoms with Crippen molar-refractivity contribution in [1.29, 1.82) is 0 Å². The third-order valence-corrected chi connectivity index (χ3v) is 7.87. The van der Waals surface area contributed by atoms with Crippen LogP contribution < -0.4 is 20.1 Å². The molecule has 0 saturated heterocycles. The molecule has 1 unspecified atom stereocenters. The van der Waals surface area contributed by atoms with Crippen molar-refractivity contribution in [2.45, 2.75) is 50.2 Å². The predicted octanol–water partition coefficient (Wildman–Crippen LogP) is 3.17. The molecule has 1 heterocycles. The number of likely N-dealkylation sites (N-methyl/N-ethyl adjacent to an activating group) is 1. The Hall–Kier alpha value is -3.85. The van der Waals surface area contributed by atoms with Crippen LogP contribution in [-0.2, 0) is 35.6 Å². The molecule has 1 atom stereocenters. The Kier molecular flexibility index (Phi) is 11.4. The Morgan fingerprint density at radius 3 is 2.53 bits per heavy atom. The third kappa shape index (κ3) is 9.58. The summed E-state index contributed by atoms with van der Waals surface area (Å²) >= 11 is 5.18. The van der Waals surface area contributed by atoms with Crippen molar-refractivity contribution in [2.75, 3.05) is 33.1 Å². The van der Waals surface area contributed by atoms with Gasteiger partial charge in [-0.1, -0.05) is 18.2 Å². The molecule has 3 aromatic rings. The zero-order chi connectivity index (χ0) is 31.8. The zero-order valence-corrected chi connectivity index (χ0v) is 26.6. The number of amides is 1. The number of anilines is 1. The maximum Gasteiger partial charge on any atom is 0.308 e.